The molecular weight excluding hydrogens is 416 g/mol. The molecule has 1 aromatic heterocycles. The largest absolute Gasteiger partial charge is 0.483 e. The van der Waals surface area contributed by atoms with Crippen molar-refractivity contribution in [3.63, 3.8) is 0 Å². The molecule has 3 rings (SSSR count). The summed E-state index contributed by atoms with van der Waals surface area (Å²) < 4.78 is 5.47. The van der Waals surface area contributed by atoms with Crippen LogP contribution in [0.4, 0.5) is 0 Å². The van der Waals surface area contributed by atoms with Crippen molar-refractivity contribution < 1.29 is 19.1 Å². The first-order chi connectivity index (χ1) is 14.9. The molecular formula is C22H22N4O4S. The lowest BCUT2D eigenvalue weighted by Gasteiger charge is -2.14. The van der Waals surface area contributed by atoms with E-state index in [2.05, 4.69) is 15.8 Å². The highest BCUT2D eigenvalue weighted by Crippen LogP contribution is 2.27. The van der Waals surface area contributed by atoms with Crippen molar-refractivity contribution in [1.29, 1.82) is 0 Å². The number of ether oxygens (including phenoxy) is 1. The van der Waals surface area contributed by atoms with Crippen LogP contribution in [0.15, 0.2) is 54.6 Å². The summed E-state index contributed by atoms with van der Waals surface area (Å²) in [6, 6.07) is 16.0. The predicted octanol–water partition coefficient (Wildman–Crippen LogP) is 2.66. The molecule has 0 atom stereocenters. The fourth-order valence-corrected chi connectivity index (χ4v) is 3.56. The molecule has 2 aromatic carbocycles. The number of carbonyl (C=O) groups is 3. The predicted molar refractivity (Wildman–Crippen MR) is 118 cm³/mol. The number of nitrogens with one attached hydrogen (secondary N) is 2. The van der Waals surface area contributed by atoms with Crippen LogP contribution in [0.1, 0.15) is 25.7 Å². The molecule has 0 bridgehead atoms. The maximum atomic E-state index is 12.6. The van der Waals surface area contributed by atoms with Crippen LogP contribution < -0.4 is 15.6 Å². The Bertz CT molecular complexity index is 1100. The lowest BCUT2D eigenvalue weighted by molar-refractivity contribution is -0.130. The van der Waals surface area contributed by atoms with Gasteiger partial charge < -0.3 is 9.64 Å². The summed E-state index contributed by atoms with van der Waals surface area (Å²) in [5.41, 5.74) is 6.48. The van der Waals surface area contributed by atoms with Crippen molar-refractivity contribution in [3.8, 4) is 16.3 Å². The number of carbonyl (C=O) groups excluding carboxylic acids is 3. The van der Waals surface area contributed by atoms with Gasteiger partial charge in [-0.15, -0.1) is 11.3 Å². The maximum absolute atomic E-state index is 12.6. The van der Waals surface area contributed by atoms with Gasteiger partial charge in [0.1, 0.15) is 15.6 Å². The van der Waals surface area contributed by atoms with E-state index in [-0.39, 0.29) is 23.8 Å². The van der Waals surface area contributed by atoms with E-state index in [1.165, 1.54) is 16.2 Å². The average molecular weight is 439 g/mol. The zero-order valence-electron chi connectivity index (χ0n) is 17.3. The Morgan fingerprint density at radius 3 is 2.32 bits per heavy atom. The maximum Gasteiger partial charge on any atom is 0.281 e. The highest BCUT2D eigenvalue weighted by Gasteiger charge is 2.18. The van der Waals surface area contributed by atoms with Crippen molar-refractivity contribution in [2.45, 2.75) is 6.92 Å². The van der Waals surface area contributed by atoms with Crippen LogP contribution in [0.25, 0.3) is 10.6 Å². The van der Waals surface area contributed by atoms with Gasteiger partial charge in [-0.1, -0.05) is 42.5 Å². The summed E-state index contributed by atoms with van der Waals surface area (Å²) in [6.07, 6.45) is 0. The molecule has 0 saturated heterocycles. The number of thiazole rings is 1. The zero-order chi connectivity index (χ0) is 22.4. The van der Waals surface area contributed by atoms with E-state index in [0.717, 1.165) is 10.6 Å². The van der Waals surface area contributed by atoms with E-state index in [0.29, 0.717) is 10.6 Å². The van der Waals surface area contributed by atoms with Gasteiger partial charge in [0.05, 0.1) is 11.3 Å². The number of amides is 3. The van der Waals surface area contributed by atoms with Crippen LogP contribution in [0, 0.1) is 6.92 Å². The Morgan fingerprint density at radius 1 is 0.968 bits per heavy atom. The SMILES string of the molecule is Cc1nc(-c2ccccc2)sc1C(=O)NNC(=O)c1ccccc1OCC(=O)N(C)C. The molecule has 8 nitrogen and oxygen atoms in total. The van der Waals surface area contributed by atoms with Crippen molar-refractivity contribution >= 4 is 29.1 Å². The van der Waals surface area contributed by atoms with Gasteiger partial charge >= 0.3 is 0 Å². The first kappa shape index (κ1) is 22.0. The third kappa shape index (κ3) is 5.46. The second kappa shape index (κ2) is 9.86. The molecule has 2 N–H and O–H groups in total. The van der Waals surface area contributed by atoms with Crippen LogP contribution in [0.5, 0.6) is 5.75 Å². The molecule has 3 amide bonds. The number of hydrazine groups is 1. The molecule has 0 aliphatic heterocycles. The van der Waals surface area contributed by atoms with Crippen molar-refractivity contribution in [2.75, 3.05) is 20.7 Å². The summed E-state index contributed by atoms with van der Waals surface area (Å²) in [5, 5.41) is 0.721. The summed E-state index contributed by atoms with van der Waals surface area (Å²) in [6.45, 7) is 1.54. The van der Waals surface area contributed by atoms with Gasteiger partial charge in [0.2, 0.25) is 0 Å². The van der Waals surface area contributed by atoms with Crippen LogP contribution in [0.3, 0.4) is 0 Å². The van der Waals surface area contributed by atoms with Gasteiger partial charge in [0.15, 0.2) is 6.61 Å². The number of nitrogens with zero attached hydrogens (tertiary/aromatic N) is 2. The molecule has 0 fully saturated rings. The van der Waals surface area contributed by atoms with Crippen molar-refractivity contribution in [3.05, 3.63) is 70.7 Å². The fraction of sp³-hybridized carbons (Fsp3) is 0.182. The number of hydrogen-bond donors (Lipinski definition) is 2. The van der Waals surface area contributed by atoms with E-state index in [4.69, 9.17) is 4.74 Å². The highest BCUT2D eigenvalue weighted by molar-refractivity contribution is 7.17. The minimum Gasteiger partial charge on any atom is -0.483 e. The molecule has 0 aliphatic carbocycles. The standard InChI is InChI=1S/C22H22N4O4S/c1-14-19(31-22(23-14)15-9-5-4-6-10-15)21(29)25-24-20(28)16-11-7-8-12-17(16)30-13-18(27)26(2)3/h4-12H,13H2,1-3H3,(H,24,28)(H,25,29). The summed E-state index contributed by atoms with van der Waals surface area (Å²) >= 11 is 1.24. The number of likely N-dealkylation sites (N-methyl/N-ethyl adjacent to an activating group) is 1. The summed E-state index contributed by atoms with van der Waals surface area (Å²) in [7, 11) is 3.23. The van der Waals surface area contributed by atoms with Crippen molar-refractivity contribution in [1.82, 2.24) is 20.7 Å². The van der Waals surface area contributed by atoms with Crippen LogP contribution in [-0.4, -0.2) is 48.3 Å². The van der Waals surface area contributed by atoms with E-state index in [1.54, 1.807) is 45.3 Å². The summed E-state index contributed by atoms with van der Waals surface area (Å²) in [4.78, 5) is 43.1. The Hall–Kier alpha value is -3.72. The molecule has 0 radical (unpaired) electrons. The monoisotopic (exact) mass is 438 g/mol. The van der Waals surface area contributed by atoms with Gasteiger partial charge in [-0.25, -0.2) is 4.98 Å². The van der Waals surface area contributed by atoms with E-state index in [1.807, 2.05) is 30.3 Å². The van der Waals surface area contributed by atoms with Gasteiger partial charge in [0.25, 0.3) is 17.7 Å². The van der Waals surface area contributed by atoms with E-state index in [9.17, 15) is 14.4 Å². The molecule has 9 heteroatoms. The molecule has 0 spiro atoms. The van der Waals surface area contributed by atoms with Crippen LogP contribution in [-0.2, 0) is 4.79 Å². The normalized spacial score (nSPS) is 10.3. The molecule has 0 aliphatic rings. The smallest absolute Gasteiger partial charge is 0.281 e. The number of aromatic nitrogens is 1. The number of para-hydroxylation sites is 1. The summed E-state index contributed by atoms with van der Waals surface area (Å²) in [5.74, 6) is -1.03. The van der Waals surface area contributed by atoms with Crippen molar-refractivity contribution in [2.24, 2.45) is 0 Å². The third-order valence-corrected chi connectivity index (χ3v) is 5.50. The van der Waals surface area contributed by atoms with Gasteiger partial charge in [0, 0.05) is 19.7 Å². The van der Waals surface area contributed by atoms with Gasteiger partial charge in [-0.05, 0) is 19.1 Å². The Morgan fingerprint density at radius 2 is 1.61 bits per heavy atom. The minimum atomic E-state index is -0.563. The van der Waals surface area contributed by atoms with E-state index >= 15 is 0 Å². The Labute approximate surface area is 183 Å². The lowest BCUT2D eigenvalue weighted by atomic mass is 10.2. The highest BCUT2D eigenvalue weighted by atomic mass is 32.1. The Kier molecular flexibility index (Phi) is 6.99. The zero-order valence-corrected chi connectivity index (χ0v) is 18.2. The first-order valence-electron chi connectivity index (χ1n) is 9.42. The molecule has 0 saturated carbocycles. The molecule has 31 heavy (non-hydrogen) atoms. The van der Waals surface area contributed by atoms with Crippen LogP contribution in [0.2, 0.25) is 0 Å². The first-order valence-corrected chi connectivity index (χ1v) is 10.2. The molecule has 160 valence electrons. The van der Waals surface area contributed by atoms with E-state index < -0.39 is 11.8 Å². The Balaban J connectivity index is 1.66. The second-order valence-electron chi connectivity index (χ2n) is 6.78. The van der Waals surface area contributed by atoms with Gasteiger partial charge in [-0.3, -0.25) is 25.2 Å². The van der Waals surface area contributed by atoms with Gasteiger partial charge in [-0.2, -0.15) is 0 Å². The number of rotatable bonds is 6. The number of benzene rings is 2. The number of aryl methyl sites for hydroxylation is 1. The average Bonchev–Trinajstić information content (AvgIpc) is 3.18. The van der Waals surface area contributed by atoms with Crippen LogP contribution >= 0.6 is 11.3 Å². The fourth-order valence-electron chi connectivity index (χ4n) is 2.60. The molecule has 0 unspecified atom stereocenters. The quantitative estimate of drug-likeness (QED) is 0.577. The minimum absolute atomic E-state index is 0.195. The lowest BCUT2D eigenvalue weighted by Crippen LogP contribution is -2.41. The molecule has 1 heterocycles. The number of hydrogen-bond acceptors (Lipinski definition) is 6. The second-order valence-corrected chi connectivity index (χ2v) is 7.78. The molecule has 3 aromatic rings. The topological polar surface area (TPSA) is 101 Å². The third-order valence-electron chi connectivity index (χ3n) is 4.29.